The SMILES string of the molecule is COc1cc(C)c(C=O)c(C(=O)O)c1. The molecule has 0 fully saturated rings. The highest BCUT2D eigenvalue weighted by Crippen LogP contribution is 2.20. The van der Waals surface area contributed by atoms with Crippen molar-refractivity contribution < 1.29 is 19.4 Å². The summed E-state index contributed by atoms with van der Waals surface area (Å²) in [6, 6.07) is 2.95. The average molecular weight is 194 g/mol. The van der Waals surface area contributed by atoms with Crippen LogP contribution in [0.1, 0.15) is 26.3 Å². The monoisotopic (exact) mass is 194 g/mol. The molecule has 0 amide bonds. The Morgan fingerprint density at radius 1 is 1.50 bits per heavy atom. The standard InChI is InChI=1S/C10H10O4/c1-6-3-7(14-2)4-8(10(12)13)9(6)5-11/h3-5H,1-2H3,(H,12,13). The first-order valence-electron chi connectivity index (χ1n) is 3.97. The minimum atomic E-state index is -1.13. The third-order valence-electron chi connectivity index (χ3n) is 1.94. The number of benzene rings is 1. The molecule has 1 N–H and O–H groups in total. The van der Waals surface area contributed by atoms with Crippen LogP contribution in [0.5, 0.6) is 5.75 Å². The first-order valence-corrected chi connectivity index (χ1v) is 3.97. The van der Waals surface area contributed by atoms with E-state index in [9.17, 15) is 9.59 Å². The fourth-order valence-electron chi connectivity index (χ4n) is 1.22. The lowest BCUT2D eigenvalue weighted by atomic mass is 10.0. The van der Waals surface area contributed by atoms with Gasteiger partial charge in [0.1, 0.15) is 5.75 Å². The van der Waals surface area contributed by atoms with Crippen molar-refractivity contribution in [2.24, 2.45) is 0 Å². The Morgan fingerprint density at radius 2 is 2.14 bits per heavy atom. The predicted molar refractivity (Wildman–Crippen MR) is 50.1 cm³/mol. The Balaban J connectivity index is 3.43. The van der Waals surface area contributed by atoms with E-state index in [1.165, 1.54) is 13.2 Å². The molecule has 4 nitrogen and oxygen atoms in total. The molecule has 0 unspecified atom stereocenters. The van der Waals surface area contributed by atoms with Crippen molar-refractivity contribution >= 4 is 12.3 Å². The molecule has 14 heavy (non-hydrogen) atoms. The van der Waals surface area contributed by atoms with Crippen LogP contribution in [0.25, 0.3) is 0 Å². The lowest BCUT2D eigenvalue weighted by molar-refractivity contribution is 0.0693. The first-order chi connectivity index (χ1) is 6.60. The summed E-state index contributed by atoms with van der Waals surface area (Å²) >= 11 is 0. The Hall–Kier alpha value is -1.84. The fraction of sp³-hybridized carbons (Fsp3) is 0.200. The summed E-state index contributed by atoms with van der Waals surface area (Å²) < 4.78 is 4.91. The fourth-order valence-corrected chi connectivity index (χ4v) is 1.22. The average Bonchev–Trinajstić information content (AvgIpc) is 2.16. The number of rotatable bonds is 3. The van der Waals surface area contributed by atoms with Gasteiger partial charge in [-0.05, 0) is 24.6 Å². The molecule has 1 aromatic carbocycles. The molecule has 0 aliphatic rings. The highest BCUT2D eigenvalue weighted by Gasteiger charge is 2.13. The smallest absolute Gasteiger partial charge is 0.336 e. The number of hydrogen-bond donors (Lipinski definition) is 1. The molecular weight excluding hydrogens is 184 g/mol. The Labute approximate surface area is 81.1 Å². The van der Waals surface area contributed by atoms with Crippen LogP contribution in [0.15, 0.2) is 12.1 Å². The quantitative estimate of drug-likeness (QED) is 0.741. The molecule has 0 heterocycles. The van der Waals surface area contributed by atoms with E-state index < -0.39 is 5.97 Å². The number of aldehydes is 1. The van der Waals surface area contributed by atoms with Gasteiger partial charge < -0.3 is 9.84 Å². The maximum absolute atomic E-state index is 10.8. The van der Waals surface area contributed by atoms with Crippen LogP contribution in [0.2, 0.25) is 0 Å². The van der Waals surface area contributed by atoms with Crippen LogP contribution >= 0.6 is 0 Å². The highest BCUT2D eigenvalue weighted by molar-refractivity contribution is 5.98. The van der Waals surface area contributed by atoms with Gasteiger partial charge in [-0.15, -0.1) is 0 Å². The number of carbonyl (C=O) groups is 2. The molecular formula is C10H10O4. The minimum absolute atomic E-state index is 0.0307. The van der Waals surface area contributed by atoms with Gasteiger partial charge in [0.05, 0.1) is 12.7 Å². The molecule has 0 saturated carbocycles. The van der Waals surface area contributed by atoms with Crippen molar-refractivity contribution in [1.29, 1.82) is 0 Å². The summed E-state index contributed by atoms with van der Waals surface area (Å²) in [6.45, 7) is 1.67. The van der Waals surface area contributed by atoms with Gasteiger partial charge in [0, 0.05) is 5.56 Å². The van der Waals surface area contributed by atoms with Crippen LogP contribution in [-0.4, -0.2) is 24.5 Å². The lowest BCUT2D eigenvalue weighted by Crippen LogP contribution is -2.04. The summed E-state index contributed by atoms with van der Waals surface area (Å²) in [7, 11) is 1.45. The second-order valence-corrected chi connectivity index (χ2v) is 2.83. The van der Waals surface area contributed by atoms with Crippen LogP contribution in [0, 0.1) is 6.92 Å². The van der Waals surface area contributed by atoms with E-state index in [0.29, 0.717) is 17.6 Å². The number of aryl methyl sites for hydroxylation is 1. The van der Waals surface area contributed by atoms with E-state index in [-0.39, 0.29) is 11.1 Å². The van der Waals surface area contributed by atoms with Crippen LogP contribution in [0.3, 0.4) is 0 Å². The van der Waals surface area contributed by atoms with Gasteiger partial charge in [0.2, 0.25) is 0 Å². The molecule has 0 saturated heterocycles. The molecule has 1 rings (SSSR count). The maximum atomic E-state index is 10.8. The molecule has 0 aliphatic heterocycles. The molecule has 0 radical (unpaired) electrons. The second kappa shape index (κ2) is 3.91. The van der Waals surface area contributed by atoms with E-state index in [2.05, 4.69) is 0 Å². The second-order valence-electron chi connectivity index (χ2n) is 2.83. The third-order valence-corrected chi connectivity index (χ3v) is 1.94. The van der Waals surface area contributed by atoms with Crippen molar-refractivity contribution in [1.82, 2.24) is 0 Å². The van der Waals surface area contributed by atoms with Crippen molar-refractivity contribution in [3.63, 3.8) is 0 Å². The molecule has 0 aliphatic carbocycles. The van der Waals surface area contributed by atoms with E-state index in [1.54, 1.807) is 13.0 Å². The van der Waals surface area contributed by atoms with E-state index in [4.69, 9.17) is 9.84 Å². The normalized spacial score (nSPS) is 9.57. The number of carboxylic acid groups (broad SMARTS) is 1. The number of aromatic carboxylic acids is 1. The summed E-state index contributed by atoms with van der Waals surface area (Å²) in [5.41, 5.74) is 0.756. The number of carboxylic acids is 1. The maximum Gasteiger partial charge on any atom is 0.336 e. The molecule has 74 valence electrons. The van der Waals surface area contributed by atoms with E-state index >= 15 is 0 Å². The summed E-state index contributed by atoms with van der Waals surface area (Å²) in [5, 5.41) is 8.83. The van der Waals surface area contributed by atoms with Crippen molar-refractivity contribution in [3.8, 4) is 5.75 Å². The number of methoxy groups -OCH3 is 1. The molecule has 0 aromatic heterocycles. The van der Waals surface area contributed by atoms with Gasteiger partial charge in [-0.2, -0.15) is 0 Å². The van der Waals surface area contributed by atoms with Crippen molar-refractivity contribution in [2.45, 2.75) is 6.92 Å². The van der Waals surface area contributed by atoms with Gasteiger partial charge in [-0.3, -0.25) is 4.79 Å². The zero-order chi connectivity index (χ0) is 10.7. The Morgan fingerprint density at radius 3 is 2.57 bits per heavy atom. The summed E-state index contributed by atoms with van der Waals surface area (Å²) in [5.74, 6) is -0.695. The summed E-state index contributed by atoms with van der Waals surface area (Å²) in [4.78, 5) is 21.4. The van der Waals surface area contributed by atoms with Gasteiger partial charge in [-0.25, -0.2) is 4.79 Å². The zero-order valence-corrected chi connectivity index (χ0v) is 7.90. The van der Waals surface area contributed by atoms with E-state index in [0.717, 1.165) is 0 Å². The zero-order valence-electron chi connectivity index (χ0n) is 7.90. The Kier molecular flexibility index (Phi) is 2.86. The number of hydrogen-bond acceptors (Lipinski definition) is 3. The van der Waals surface area contributed by atoms with Crippen LogP contribution < -0.4 is 4.74 Å². The molecule has 0 spiro atoms. The molecule has 4 heteroatoms. The van der Waals surface area contributed by atoms with Gasteiger partial charge in [0.15, 0.2) is 6.29 Å². The van der Waals surface area contributed by atoms with Gasteiger partial charge >= 0.3 is 5.97 Å². The third kappa shape index (κ3) is 1.74. The van der Waals surface area contributed by atoms with Crippen molar-refractivity contribution in [2.75, 3.05) is 7.11 Å². The van der Waals surface area contributed by atoms with Crippen molar-refractivity contribution in [3.05, 3.63) is 28.8 Å². The Bertz CT molecular complexity index is 382. The summed E-state index contributed by atoms with van der Waals surface area (Å²) in [6.07, 6.45) is 0.540. The van der Waals surface area contributed by atoms with Gasteiger partial charge in [-0.1, -0.05) is 0 Å². The molecule has 1 aromatic rings. The van der Waals surface area contributed by atoms with Gasteiger partial charge in [0.25, 0.3) is 0 Å². The minimum Gasteiger partial charge on any atom is -0.497 e. The largest absolute Gasteiger partial charge is 0.497 e. The number of carbonyl (C=O) groups excluding carboxylic acids is 1. The van der Waals surface area contributed by atoms with Crippen LogP contribution in [-0.2, 0) is 0 Å². The van der Waals surface area contributed by atoms with E-state index in [1.807, 2.05) is 0 Å². The highest BCUT2D eigenvalue weighted by atomic mass is 16.5. The number of ether oxygens (including phenoxy) is 1. The predicted octanol–water partition coefficient (Wildman–Crippen LogP) is 1.51. The molecule has 0 bridgehead atoms. The topological polar surface area (TPSA) is 63.6 Å². The first kappa shape index (κ1) is 10.2. The van der Waals surface area contributed by atoms with Crippen LogP contribution in [0.4, 0.5) is 0 Å². The molecule has 0 atom stereocenters. The lowest BCUT2D eigenvalue weighted by Gasteiger charge is -2.06.